The highest BCUT2D eigenvalue weighted by molar-refractivity contribution is 5.37. The summed E-state index contributed by atoms with van der Waals surface area (Å²) in [4.78, 5) is 0. The molecule has 0 saturated carbocycles. The Kier molecular flexibility index (Phi) is 3.30. The van der Waals surface area contributed by atoms with Crippen molar-refractivity contribution in [1.29, 1.82) is 0 Å². The van der Waals surface area contributed by atoms with Crippen molar-refractivity contribution in [2.75, 3.05) is 6.61 Å². The lowest BCUT2D eigenvalue weighted by molar-refractivity contribution is -0.728. The van der Waals surface area contributed by atoms with Gasteiger partial charge < -0.3 is 15.3 Å². The molecule has 1 atom stereocenters. The lowest BCUT2D eigenvalue weighted by atomic mass is 10.2. The number of nitrogens with zero attached hydrogens (tertiary/aromatic N) is 1. The summed E-state index contributed by atoms with van der Waals surface area (Å²) in [5.41, 5.74) is 0.631. The summed E-state index contributed by atoms with van der Waals surface area (Å²) in [7, 11) is 0. The maximum absolute atomic E-state index is 9.57. The highest BCUT2D eigenvalue weighted by atomic mass is 16.3. The van der Waals surface area contributed by atoms with Gasteiger partial charge in [0.25, 0.3) is 0 Å². The highest BCUT2D eigenvalue weighted by Gasteiger charge is 2.21. The first-order valence-electron chi connectivity index (χ1n) is 4.67. The van der Waals surface area contributed by atoms with E-state index < -0.39 is 0 Å². The number of hydrogen-bond donors (Lipinski definition) is 3. The molecule has 0 aliphatic rings. The third kappa shape index (κ3) is 1.80. The maximum atomic E-state index is 9.57. The second kappa shape index (κ2) is 4.28. The largest absolute Gasteiger partial charge is 0.504 e. The van der Waals surface area contributed by atoms with E-state index in [-0.39, 0.29) is 24.1 Å². The molecule has 4 heteroatoms. The van der Waals surface area contributed by atoms with Crippen molar-refractivity contribution >= 4 is 0 Å². The predicted molar refractivity (Wildman–Crippen MR) is 51.1 cm³/mol. The summed E-state index contributed by atoms with van der Waals surface area (Å²) in [6.07, 6.45) is 2.26. The van der Waals surface area contributed by atoms with Gasteiger partial charge in [0, 0.05) is 19.4 Å². The SMILES string of the molecule is CCc1c(O)c(O)cc[n+]1[C@@H](C)CO. The molecule has 1 heterocycles. The Hall–Kier alpha value is -1.29. The molecule has 0 radical (unpaired) electrons. The van der Waals surface area contributed by atoms with Gasteiger partial charge in [-0.3, -0.25) is 0 Å². The van der Waals surface area contributed by atoms with Crippen molar-refractivity contribution in [3.05, 3.63) is 18.0 Å². The monoisotopic (exact) mass is 198 g/mol. The first kappa shape index (κ1) is 10.8. The fourth-order valence-electron chi connectivity index (χ4n) is 1.44. The fraction of sp³-hybridized carbons (Fsp3) is 0.500. The van der Waals surface area contributed by atoms with Crippen LogP contribution in [0.3, 0.4) is 0 Å². The van der Waals surface area contributed by atoms with Gasteiger partial charge in [0.05, 0.1) is 0 Å². The minimum Gasteiger partial charge on any atom is -0.504 e. The molecule has 0 aliphatic heterocycles. The molecule has 1 aromatic rings. The predicted octanol–water partition coefficient (Wildman–Crippen LogP) is 0.501. The smallest absolute Gasteiger partial charge is 0.227 e. The average molecular weight is 198 g/mol. The zero-order valence-electron chi connectivity index (χ0n) is 8.44. The van der Waals surface area contributed by atoms with Crippen LogP contribution in [0.4, 0.5) is 0 Å². The van der Waals surface area contributed by atoms with Crippen LogP contribution in [-0.4, -0.2) is 21.9 Å². The number of rotatable bonds is 3. The minimum atomic E-state index is -0.122. The van der Waals surface area contributed by atoms with Gasteiger partial charge in [0.2, 0.25) is 11.4 Å². The Morgan fingerprint density at radius 3 is 2.57 bits per heavy atom. The molecule has 0 aromatic carbocycles. The van der Waals surface area contributed by atoms with E-state index in [4.69, 9.17) is 5.11 Å². The van der Waals surface area contributed by atoms with Crippen LogP contribution in [0.5, 0.6) is 11.5 Å². The summed E-state index contributed by atoms with van der Waals surface area (Å²) in [5.74, 6) is -0.224. The van der Waals surface area contributed by atoms with Crippen LogP contribution in [-0.2, 0) is 6.42 Å². The number of aromatic hydroxyl groups is 2. The van der Waals surface area contributed by atoms with Gasteiger partial charge in [-0.05, 0) is 0 Å². The summed E-state index contributed by atoms with van der Waals surface area (Å²) >= 11 is 0. The standard InChI is InChI=1S/C10H15NO3/c1-3-8-10(14)9(13)4-5-11(8)7(2)6-12/h4-5,7,12,14H,3,6H2,1-2H3/p+1/t7-/m0/s1. The van der Waals surface area contributed by atoms with Crippen LogP contribution in [0.1, 0.15) is 25.6 Å². The van der Waals surface area contributed by atoms with Gasteiger partial charge in [0.15, 0.2) is 18.0 Å². The van der Waals surface area contributed by atoms with Crippen molar-refractivity contribution in [3.63, 3.8) is 0 Å². The van der Waals surface area contributed by atoms with E-state index in [1.165, 1.54) is 6.07 Å². The summed E-state index contributed by atoms with van der Waals surface area (Å²) < 4.78 is 1.76. The topological polar surface area (TPSA) is 64.6 Å². The molecule has 0 aliphatic carbocycles. The van der Waals surface area contributed by atoms with E-state index in [0.717, 1.165) is 0 Å². The van der Waals surface area contributed by atoms with Gasteiger partial charge in [-0.2, -0.15) is 4.57 Å². The zero-order valence-corrected chi connectivity index (χ0v) is 8.44. The summed E-state index contributed by atoms with van der Waals surface area (Å²) in [6, 6.07) is 1.32. The van der Waals surface area contributed by atoms with E-state index in [1.54, 1.807) is 10.8 Å². The molecule has 78 valence electrons. The van der Waals surface area contributed by atoms with Gasteiger partial charge in [0.1, 0.15) is 6.61 Å². The van der Waals surface area contributed by atoms with Gasteiger partial charge >= 0.3 is 0 Å². The third-order valence-corrected chi connectivity index (χ3v) is 2.29. The van der Waals surface area contributed by atoms with Crippen molar-refractivity contribution in [2.24, 2.45) is 0 Å². The lowest BCUT2D eigenvalue weighted by Gasteiger charge is -2.09. The Morgan fingerprint density at radius 1 is 1.43 bits per heavy atom. The van der Waals surface area contributed by atoms with Crippen molar-refractivity contribution in [3.8, 4) is 11.5 Å². The van der Waals surface area contributed by atoms with Gasteiger partial charge in [-0.15, -0.1) is 0 Å². The number of pyridine rings is 1. The molecule has 3 N–H and O–H groups in total. The Bertz CT molecular complexity index is 325. The normalized spacial score (nSPS) is 12.8. The zero-order chi connectivity index (χ0) is 10.7. The first-order valence-corrected chi connectivity index (χ1v) is 4.67. The van der Waals surface area contributed by atoms with Gasteiger partial charge in [-0.25, -0.2) is 0 Å². The Morgan fingerprint density at radius 2 is 2.07 bits per heavy atom. The van der Waals surface area contributed by atoms with Crippen LogP contribution < -0.4 is 4.57 Å². The highest BCUT2D eigenvalue weighted by Crippen LogP contribution is 2.26. The van der Waals surface area contributed by atoms with E-state index in [2.05, 4.69) is 0 Å². The number of aliphatic hydroxyl groups excluding tert-OH is 1. The van der Waals surface area contributed by atoms with Crippen LogP contribution in [0, 0.1) is 0 Å². The molecule has 0 amide bonds. The molecule has 4 nitrogen and oxygen atoms in total. The number of hydrogen-bond acceptors (Lipinski definition) is 3. The molecule has 0 spiro atoms. The Labute approximate surface area is 83.1 Å². The molecule has 1 rings (SSSR count). The number of aliphatic hydroxyl groups is 1. The summed E-state index contributed by atoms with van der Waals surface area (Å²) in [5, 5.41) is 27.9. The second-order valence-corrected chi connectivity index (χ2v) is 3.29. The molecule has 0 saturated heterocycles. The quantitative estimate of drug-likeness (QED) is 0.620. The minimum absolute atomic E-state index is 0.00187. The van der Waals surface area contributed by atoms with Gasteiger partial charge in [-0.1, -0.05) is 6.92 Å². The van der Waals surface area contributed by atoms with E-state index in [1.807, 2.05) is 13.8 Å². The molecular weight excluding hydrogens is 182 g/mol. The van der Waals surface area contributed by atoms with Crippen molar-refractivity contribution < 1.29 is 19.9 Å². The third-order valence-electron chi connectivity index (χ3n) is 2.29. The fourth-order valence-corrected chi connectivity index (χ4v) is 1.44. The molecular formula is C10H16NO3+. The lowest BCUT2D eigenvalue weighted by Crippen LogP contribution is -2.43. The van der Waals surface area contributed by atoms with E-state index >= 15 is 0 Å². The van der Waals surface area contributed by atoms with Crippen molar-refractivity contribution in [1.82, 2.24) is 0 Å². The summed E-state index contributed by atoms with van der Waals surface area (Å²) in [6.45, 7) is 3.73. The second-order valence-electron chi connectivity index (χ2n) is 3.29. The van der Waals surface area contributed by atoms with Crippen LogP contribution in [0.25, 0.3) is 0 Å². The van der Waals surface area contributed by atoms with Crippen LogP contribution >= 0.6 is 0 Å². The maximum Gasteiger partial charge on any atom is 0.227 e. The average Bonchev–Trinajstić information content (AvgIpc) is 2.20. The van der Waals surface area contributed by atoms with E-state index in [0.29, 0.717) is 12.1 Å². The number of aromatic nitrogens is 1. The molecule has 1 aromatic heterocycles. The Balaban J connectivity index is 3.23. The van der Waals surface area contributed by atoms with Crippen LogP contribution in [0.15, 0.2) is 12.3 Å². The van der Waals surface area contributed by atoms with Crippen molar-refractivity contribution in [2.45, 2.75) is 26.3 Å². The first-order chi connectivity index (χ1) is 6.61. The molecule has 0 bridgehead atoms. The molecule has 14 heavy (non-hydrogen) atoms. The van der Waals surface area contributed by atoms with Crippen LogP contribution in [0.2, 0.25) is 0 Å². The van der Waals surface area contributed by atoms with E-state index in [9.17, 15) is 10.2 Å². The molecule has 0 fully saturated rings. The molecule has 0 unspecified atom stereocenters.